The highest BCUT2D eigenvalue weighted by Gasteiger charge is 2.16. The fraction of sp³-hybridized carbons (Fsp3) is 0.571. The number of anilines is 1. The molecule has 18 heavy (non-hydrogen) atoms. The third-order valence-corrected chi connectivity index (χ3v) is 3.55. The van der Waals surface area contributed by atoms with Gasteiger partial charge in [-0.05, 0) is 50.9 Å². The first-order valence-electron chi connectivity index (χ1n) is 6.65. The molecule has 0 spiro atoms. The predicted octanol–water partition coefficient (Wildman–Crippen LogP) is 1.78. The highest BCUT2D eigenvalue weighted by atomic mass is 15.1. The molecule has 0 aliphatic carbocycles. The number of nitrogens with zero attached hydrogens (tertiary/aromatic N) is 3. The molecule has 4 nitrogen and oxygen atoms in total. The standard InChI is InChI=1S/C14H20N4/c1-2-18(11-12-5-7-16-8-6-12)14-4-3-13(9-15)17-10-14/h3-4,10,12,16H,2,5-8,11H2,1H3. The largest absolute Gasteiger partial charge is 0.370 e. The second-order valence-corrected chi connectivity index (χ2v) is 4.75. The number of hydrogen-bond donors (Lipinski definition) is 1. The van der Waals surface area contributed by atoms with Gasteiger partial charge in [0.15, 0.2) is 0 Å². The molecule has 1 aliphatic rings. The van der Waals surface area contributed by atoms with Gasteiger partial charge in [-0.1, -0.05) is 0 Å². The van der Waals surface area contributed by atoms with Gasteiger partial charge in [-0.15, -0.1) is 0 Å². The molecule has 0 amide bonds. The van der Waals surface area contributed by atoms with Crippen LogP contribution in [0, 0.1) is 17.2 Å². The predicted molar refractivity (Wildman–Crippen MR) is 72.4 cm³/mol. The zero-order chi connectivity index (χ0) is 12.8. The quantitative estimate of drug-likeness (QED) is 0.877. The van der Waals surface area contributed by atoms with Gasteiger partial charge in [-0.2, -0.15) is 5.26 Å². The van der Waals surface area contributed by atoms with E-state index in [2.05, 4.69) is 28.2 Å². The van der Waals surface area contributed by atoms with E-state index in [1.54, 1.807) is 6.07 Å². The van der Waals surface area contributed by atoms with E-state index in [1.807, 2.05) is 12.3 Å². The van der Waals surface area contributed by atoms with Crippen LogP contribution < -0.4 is 10.2 Å². The minimum absolute atomic E-state index is 0.483. The normalized spacial score (nSPS) is 16.2. The molecule has 1 N–H and O–H groups in total. The van der Waals surface area contributed by atoms with Gasteiger partial charge in [0.05, 0.1) is 11.9 Å². The number of hydrogen-bond acceptors (Lipinski definition) is 4. The number of nitriles is 1. The molecule has 0 atom stereocenters. The molecule has 0 unspecified atom stereocenters. The van der Waals surface area contributed by atoms with E-state index in [1.165, 1.54) is 12.8 Å². The molecule has 0 aromatic carbocycles. The summed E-state index contributed by atoms with van der Waals surface area (Å²) in [7, 11) is 0. The van der Waals surface area contributed by atoms with Gasteiger partial charge in [0.1, 0.15) is 11.8 Å². The Morgan fingerprint density at radius 2 is 2.22 bits per heavy atom. The van der Waals surface area contributed by atoms with Crippen LogP contribution in [-0.2, 0) is 0 Å². The van der Waals surface area contributed by atoms with Gasteiger partial charge >= 0.3 is 0 Å². The Hall–Kier alpha value is -1.60. The van der Waals surface area contributed by atoms with Gasteiger partial charge in [0.2, 0.25) is 0 Å². The molecule has 0 bridgehead atoms. The van der Waals surface area contributed by atoms with Crippen molar-refractivity contribution in [1.29, 1.82) is 5.26 Å². The summed E-state index contributed by atoms with van der Waals surface area (Å²) in [5, 5.41) is 12.1. The molecule has 1 saturated heterocycles. The fourth-order valence-electron chi connectivity index (χ4n) is 2.43. The number of aromatic nitrogens is 1. The van der Waals surface area contributed by atoms with Crippen molar-refractivity contribution in [2.45, 2.75) is 19.8 Å². The van der Waals surface area contributed by atoms with Crippen LogP contribution in [0.1, 0.15) is 25.5 Å². The van der Waals surface area contributed by atoms with Crippen LogP contribution in [0.3, 0.4) is 0 Å². The summed E-state index contributed by atoms with van der Waals surface area (Å²) in [6.07, 6.45) is 4.31. The maximum atomic E-state index is 8.75. The summed E-state index contributed by atoms with van der Waals surface area (Å²) in [5.41, 5.74) is 1.60. The van der Waals surface area contributed by atoms with Crippen molar-refractivity contribution in [2.75, 3.05) is 31.1 Å². The second-order valence-electron chi connectivity index (χ2n) is 4.75. The molecular weight excluding hydrogens is 224 g/mol. The molecule has 1 fully saturated rings. The van der Waals surface area contributed by atoms with E-state index in [9.17, 15) is 0 Å². The topological polar surface area (TPSA) is 52.0 Å². The van der Waals surface area contributed by atoms with Crippen LogP contribution in [0.4, 0.5) is 5.69 Å². The highest BCUT2D eigenvalue weighted by molar-refractivity contribution is 5.45. The first-order valence-corrected chi connectivity index (χ1v) is 6.65. The number of nitrogens with one attached hydrogen (secondary N) is 1. The number of pyridine rings is 1. The first kappa shape index (κ1) is 12.8. The van der Waals surface area contributed by atoms with E-state index in [0.717, 1.165) is 37.8 Å². The van der Waals surface area contributed by atoms with Gasteiger partial charge in [-0.3, -0.25) is 0 Å². The Morgan fingerprint density at radius 1 is 1.44 bits per heavy atom. The molecule has 0 saturated carbocycles. The average molecular weight is 244 g/mol. The lowest BCUT2D eigenvalue weighted by Gasteiger charge is -2.30. The SMILES string of the molecule is CCN(CC1CCNCC1)c1ccc(C#N)nc1. The highest BCUT2D eigenvalue weighted by Crippen LogP contribution is 2.19. The van der Waals surface area contributed by atoms with Crippen molar-refractivity contribution in [3.8, 4) is 6.07 Å². The van der Waals surface area contributed by atoms with Gasteiger partial charge < -0.3 is 10.2 Å². The summed E-state index contributed by atoms with van der Waals surface area (Å²) < 4.78 is 0. The zero-order valence-electron chi connectivity index (χ0n) is 10.9. The summed E-state index contributed by atoms with van der Waals surface area (Å²) in [4.78, 5) is 6.50. The van der Waals surface area contributed by atoms with Crippen LogP contribution in [0.15, 0.2) is 18.3 Å². The average Bonchev–Trinajstić information content (AvgIpc) is 2.46. The van der Waals surface area contributed by atoms with E-state index < -0.39 is 0 Å². The lowest BCUT2D eigenvalue weighted by Crippen LogP contribution is -2.36. The molecule has 1 aromatic rings. The fourth-order valence-corrected chi connectivity index (χ4v) is 2.43. The van der Waals surface area contributed by atoms with Crippen LogP contribution in [-0.4, -0.2) is 31.2 Å². The van der Waals surface area contributed by atoms with E-state index in [4.69, 9.17) is 5.26 Å². The third kappa shape index (κ3) is 3.21. The van der Waals surface area contributed by atoms with E-state index in [0.29, 0.717) is 5.69 Å². The second kappa shape index (κ2) is 6.36. The third-order valence-electron chi connectivity index (χ3n) is 3.55. The summed E-state index contributed by atoms with van der Waals surface area (Å²) >= 11 is 0. The number of piperidine rings is 1. The Labute approximate surface area is 109 Å². The molecular formula is C14H20N4. The molecule has 4 heteroatoms. The summed E-state index contributed by atoms with van der Waals surface area (Å²) in [6.45, 7) is 6.50. The Bertz CT molecular complexity index is 401. The van der Waals surface area contributed by atoms with Crippen molar-refractivity contribution in [3.05, 3.63) is 24.0 Å². The molecule has 1 aliphatic heterocycles. The minimum Gasteiger partial charge on any atom is -0.370 e. The molecule has 0 radical (unpaired) electrons. The van der Waals surface area contributed by atoms with Gasteiger partial charge in [0.25, 0.3) is 0 Å². The Kier molecular flexibility index (Phi) is 4.54. The Morgan fingerprint density at radius 3 is 2.78 bits per heavy atom. The lowest BCUT2D eigenvalue weighted by molar-refractivity contribution is 0.374. The van der Waals surface area contributed by atoms with Crippen molar-refractivity contribution >= 4 is 5.69 Å². The van der Waals surface area contributed by atoms with Crippen molar-refractivity contribution in [2.24, 2.45) is 5.92 Å². The molecule has 1 aromatic heterocycles. The smallest absolute Gasteiger partial charge is 0.140 e. The summed E-state index contributed by atoms with van der Waals surface area (Å²) in [5.74, 6) is 0.766. The van der Waals surface area contributed by atoms with E-state index in [-0.39, 0.29) is 0 Å². The van der Waals surface area contributed by atoms with Gasteiger partial charge in [0, 0.05) is 13.1 Å². The van der Waals surface area contributed by atoms with Crippen molar-refractivity contribution in [1.82, 2.24) is 10.3 Å². The Balaban J connectivity index is 2.00. The maximum absolute atomic E-state index is 8.75. The monoisotopic (exact) mass is 244 g/mol. The number of rotatable bonds is 4. The van der Waals surface area contributed by atoms with Crippen LogP contribution >= 0.6 is 0 Å². The molecule has 2 heterocycles. The van der Waals surface area contributed by atoms with Crippen molar-refractivity contribution < 1.29 is 0 Å². The van der Waals surface area contributed by atoms with Crippen LogP contribution in [0.25, 0.3) is 0 Å². The van der Waals surface area contributed by atoms with Gasteiger partial charge in [-0.25, -0.2) is 4.98 Å². The first-order chi connectivity index (χ1) is 8.83. The lowest BCUT2D eigenvalue weighted by atomic mass is 9.97. The maximum Gasteiger partial charge on any atom is 0.140 e. The molecule has 96 valence electrons. The minimum atomic E-state index is 0.483. The summed E-state index contributed by atoms with van der Waals surface area (Å²) in [6, 6.07) is 5.84. The molecule has 2 rings (SSSR count). The van der Waals surface area contributed by atoms with Crippen LogP contribution in [0.5, 0.6) is 0 Å². The zero-order valence-corrected chi connectivity index (χ0v) is 10.9. The van der Waals surface area contributed by atoms with Crippen molar-refractivity contribution in [3.63, 3.8) is 0 Å². The van der Waals surface area contributed by atoms with Crippen LogP contribution in [0.2, 0.25) is 0 Å². The van der Waals surface area contributed by atoms with E-state index >= 15 is 0 Å².